The summed E-state index contributed by atoms with van der Waals surface area (Å²) in [5.41, 5.74) is 4.17. The summed E-state index contributed by atoms with van der Waals surface area (Å²) in [6.45, 7) is 9.60. The molecule has 0 saturated carbocycles. The Balaban J connectivity index is 2.21. The lowest BCUT2D eigenvalue weighted by Gasteiger charge is -2.13. The van der Waals surface area contributed by atoms with Crippen molar-refractivity contribution in [3.63, 3.8) is 0 Å². The third-order valence-corrected chi connectivity index (χ3v) is 4.17. The van der Waals surface area contributed by atoms with Gasteiger partial charge in [0.25, 0.3) is 5.91 Å². The summed E-state index contributed by atoms with van der Waals surface area (Å²) >= 11 is 0. The van der Waals surface area contributed by atoms with Gasteiger partial charge in [0.1, 0.15) is 11.6 Å². The molecule has 0 fully saturated rings. The fourth-order valence-electron chi connectivity index (χ4n) is 3.09. The molecule has 2 amide bonds. The van der Waals surface area contributed by atoms with Gasteiger partial charge in [-0.25, -0.2) is 0 Å². The predicted octanol–water partition coefficient (Wildman–Crippen LogP) is 4.19. The molecule has 0 spiro atoms. The second-order valence-corrected chi connectivity index (χ2v) is 6.67. The average Bonchev–Trinajstić information content (AvgIpc) is 2.87. The summed E-state index contributed by atoms with van der Waals surface area (Å²) < 4.78 is 2.17. The third-order valence-electron chi connectivity index (χ3n) is 4.17. The van der Waals surface area contributed by atoms with Crippen LogP contribution in [0.15, 0.2) is 35.9 Å². The first-order chi connectivity index (χ1) is 12.7. The van der Waals surface area contributed by atoms with Crippen molar-refractivity contribution in [2.24, 2.45) is 0 Å². The molecule has 140 valence electrons. The fraction of sp³-hybridized carbons (Fsp3) is 0.286. The highest BCUT2D eigenvalue weighted by Gasteiger charge is 2.14. The van der Waals surface area contributed by atoms with E-state index in [0.29, 0.717) is 17.4 Å². The van der Waals surface area contributed by atoms with Crippen LogP contribution in [0.25, 0.3) is 6.08 Å². The Kier molecular flexibility index (Phi) is 6.19. The Labute approximate surface area is 159 Å². The number of amides is 2. The Hall–Kier alpha value is -3.33. The molecule has 27 heavy (non-hydrogen) atoms. The molecule has 6 nitrogen and oxygen atoms in total. The number of nitrogens with one attached hydrogen (secondary N) is 2. The highest BCUT2D eigenvalue weighted by atomic mass is 16.2. The molecule has 0 aliphatic heterocycles. The smallest absolute Gasteiger partial charge is 0.266 e. The first-order valence-corrected chi connectivity index (χ1v) is 8.72. The lowest BCUT2D eigenvalue weighted by Crippen LogP contribution is -2.13. The van der Waals surface area contributed by atoms with Crippen molar-refractivity contribution < 1.29 is 9.59 Å². The van der Waals surface area contributed by atoms with Gasteiger partial charge in [0.05, 0.1) is 0 Å². The van der Waals surface area contributed by atoms with Crippen molar-refractivity contribution in [2.45, 2.75) is 40.7 Å². The van der Waals surface area contributed by atoms with Crippen LogP contribution in [0.5, 0.6) is 0 Å². The van der Waals surface area contributed by atoms with E-state index in [-0.39, 0.29) is 11.5 Å². The van der Waals surface area contributed by atoms with Crippen molar-refractivity contribution in [3.8, 4) is 6.07 Å². The zero-order chi connectivity index (χ0) is 20.1. The fourth-order valence-corrected chi connectivity index (χ4v) is 3.09. The zero-order valence-electron chi connectivity index (χ0n) is 16.3. The molecule has 0 aliphatic rings. The van der Waals surface area contributed by atoms with Gasteiger partial charge in [-0.15, -0.1) is 0 Å². The lowest BCUT2D eigenvalue weighted by molar-refractivity contribution is -0.114. The van der Waals surface area contributed by atoms with E-state index in [4.69, 9.17) is 0 Å². The van der Waals surface area contributed by atoms with Gasteiger partial charge in [-0.3, -0.25) is 9.59 Å². The van der Waals surface area contributed by atoms with E-state index in [0.717, 1.165) is 17.0 Å². The number of anilines is 2. The highest BCUT2D eigenvalue weighted by molar-refractivity contribution is 6.09. The predicted molar refractivity (Wildman–Crippen MR) is 107 cm³/mol. The number of hydrogen-bond acceptors (Lipinski definition) is 3. The summed E-state index contributed by atoms with van der Waals surface area (Å²) in [7, 11) is 0. The number of aryl methyl sites for hydroxylation is 1. The molecular weight excluding hydrogens is 340 g/mol. The Morgan fingerprint density at radius 2 is 1.67 bits per heavy atom. The molecule has 6 heteroatoms. The number of carbonyl (C=O) groups is 2. The minimum atomic E-state index is -0.473. The number of nitrogens with zero attached hydrogens (tertiary/aromatic N) is 2. The van der Waals surface area contributed by atoms with Crippen molar-refractivity contribution in [1.29, 1.82) is 5.26 Å². The highest BCUT2D eigenvalue weighted by Crippen LogP contribution is 2.22. The monoisotopic (exact) mass is 364 g/mol. The number of carbonyl (C=O) groups excluding carboxylic acids is 2. The van der Waals surface area contributed by atoms with Gasteiger partial charge in [0.2, 0.25) is 5.91 Å². The van der Waals surface area contributed by atoms with Gasteiger partial charge in [0.15, 0.2) is 0 Å². The minimum Gasteiger partial charge on any atom is -0.346 e. The number of aromatic nitrogens is 1. The van der Waals surface area contributed by atoms with Crippen LogP contribution in [0.2, 0.25) is 0 Å². The summed E-state index contributed by atoms with van der Waals surface area (Å²) in [4.78, 5) is 23.5. The maximum atomic E-state index is 12.5. The van der Waals surface area contributed by atoms with Crippen LogP contribution in [0, 0.1) is 25.2 Å². The Morgan fingerprint density at radius 3 is 2.11 bits per heavy atom. The summed E-state index contributed by atoms with van der Waals surface area (Å²) in [5, 5.41) is 14.8. The van der Waals surface area contributed by atoms with Crippen LogP contribution in [0.3, 0.4) is 0 Å². The molecule has 2 N–H and O–H groups in total. The van der Waals surface area contributed by atoms with Crippen LogP contribution in [-0.2, 0) is 9.59 Å². The quantitative estimate of drug-likeness (QED) is 0.616. The molecule has 0 unspecified atom stereocenters. The van der Waals surface area contributed by atoms with Gasteiger partial charge in [-0.2, -0.15) is 5.26 Å². The van der Waals surface area contributed by atoms with E-state index in [2.05, 4.69) is 29.0 Å². The summed E-state index contributed by atoms with van der Waals surface area (Å²) in [6, 6.07) is 11.0. The molecule has 1 aromatic heterocycles. The molecular formula is C21H24N4O2. The van der Waals surface area contributed by atoms with Gasteiger partial charge < -0.3 is 15.2 Å². The van der Waals surface area contributed by atoms with Crippen molar-refractivity contribution >= 4 is 29.3 Å². The Morgan fingerprint density at radius 1 is 1.11 bits per heavy atom. The molecule has 0 saturated heterocycles. The van der Waals surface area contributed by atoms with E-state index in [1.807, 2.05) is 26.0 Å². The summed E-state index contributed by atoms with van der Waals surface area (Å²) in [5.74, 6) is -0.639. The van der Waals surface area contributed by atoms with E-state index in [1.165, 1.54) is 6.92 Å². The van der Waals surface area contributed by atoms with Crippen molar-refractivity contribution in [2.75, 3.05) is 10.6 Å². The number of hydrogen-bond donors (Lipinski definition) is 2. The number of rotatable bonds is 5. The normalized spacial score (nSPS) is 11.2. The van der Waals surface area contributed by atoms with Crippen LogP contribution in [0.1, 0.15) is 43.8 Å². The molecule has 0 radical (unpaired) electrons. The first-order valence-electron chi connectivity index (χ1n) is 8.72. The van der Waals surface area contributed by atoms with E-state index in [1.54, 1.807) is 30.3 Å². The molecule has 1 aromatic carbocycles. The molecule has 2 rings (SSSR count). The van der Waals surface area contributed by atoms with Gasteiger partial charge >= 0.3 is 0 Å². The second-order valence-electron chi connectivity index (χ2n) is 6.67. The number of nitriles is 1. The number of benzene rings is 1. The zero-order valence-corrected chi connectivity index (χ0v) is 16.3. The van der Waals surface area contributed by atoms with E-state index >= 15 is 0 Å². The molecule has 0 bridgehead atoms. The van der Waals surface area contributed by atoms with Gasteiger partial charge in [0, 0.05) is 35.7 Å². The van der Waals surface area contributed by atoms with Gasteiger partial charge in [-0.05, 0) is 69.7 Å². The van der Waals surface area contributed by atoms with Crippen molar-refractivity contribution in [3.05, 3.63) is 52.9 Å². The van der Waals surface area contributed by atoms with Crippen LogP contribution in [0.4, 0.5) is 11.4 Å². The largest absolute Gasteiger partial charge is 0.346 e. The standard InChI is InChI=1S/C21H24N4O2/c1-13(2)25-14(3)10-17(15(25)4)11-18(12-22)21(27)24-20-8-6-19(7-9-20)23-16(5)26/h6-11,13H,1-5H3,(H,23,26)(H,24,27)/b18-11+. The molecule has 0 aliphatic carbocycles. The van der Waals surface area contributed by atoms with Crippen LogP contribution >= 0.6 is 0 Å². The third kappa shape index (κ3) is 4.85. The Bertz CT molecular complexity index is 928. The topological polar surface area (TPSA) is 86.9 Å². The molecule has 0 atom stereocenters. The first kappa shape index (κ1) is 20.0. The van der Waals surface area contributed by atoms with Crippen LogP contribution in [-0.4, -0.2) is 16.4 Å². The maximum Gasteiger partial charge on any atom is 0.266 e. The maximum absolute atomic E-state index is 12.5. The summed E-state index contributed by atoms with van der Waals surface area (Å²) in [6.07, 6.45) is 1.61. The van der Waals surface area contributed by atoms with Crippen LogP contribution < -0.4 is 10.6 Å². The minimum absolute atomic E-state index is 0.0324. The second kappa shape index (κ2) is 8.37. The van der Waals surface area contributed by atoms with Crippen molar-refractivity contribution in [1.82, 2.24) is 4.57 Å². The van der Waals surface area contributed by atoms with E-state index in [9.17, 15) is 14.9 Å². The lowest BCUT2D eigenvalue weighted by atomic mass is 10.1. The average molecular weight is 364 g/mol. The van der Waals surface area contributed by atoms with Gasteiger partial charge in [-0.1, -0.05) is 0 Å². The molecule has 2 aromatic rings. The van der Waals surface area contributed by atoms with E-state index < -0.39 is 5.91 Å². The SMILES string of the molecule is CC(=O)Nc1ccc(NC(=O)/C(C#N)=C/c2cc(C)n(C(C)C)c2C)cc1. The molecule has 1 heterocycles.